The number of aromatic nitrogens is 3. The van der Waals surface area contributed by atoms with E-state index < -0.39 is 11.7 Å². The van der Waals surface area contributed by atoms with Crippen molar-refractivity contribution in [3.63, 3.8) is 0 Å². The zero-order valence-electron chi connectivity index (χ0n) is 17.5. The monoisotopic (exact) mass is 412 g/mol. The maximum atomic E-state index is 12.9. The van der Waals surface area contributed by atoms with E-state index in [0.717, 1.165) is 17.8 Å². The van der Waals surface area contributed by atoms with Gasteiger partial charge < -0.3 is 24.4 Å². The number of carbonyl (C=O) groups is 2. The molecule has 0 saturated carbocycles. The third kappa shape index (κ3) is 4.02. The van der Waals surface area contributed by atoms with Gasteiger partial charge in [-0.15, -0.1) is 0 Å². The van der Waals surface area contributed by atoms with Crippen molar-refractivity contribution in [2.75, 3.05) is 33.7 Å². The first-order chi connectivity index (χ1) is 14.5. The number of imidazole rings is 1. The molecule has 1 saturated heterocycles. The lowest BCUT2D eigenvalue weighted by Gasteiger charge is -2.45. The number of fused-ring (bicyclic) bond motifs is 2. The van der Waals surface area contributed by atoms with Gasteiger partial charge in [-0.25, -0.2) is 9.78 Å². The van der Waals surface area contributed by atoms with Gasteiger partial charge in [-0.3, -0.25) is 9.78 Å². The molecule has 2 aliphatic rings. The Hall–Kier alpha value is -2.94. The molecule has 1 atom stereocenters. The Balaban J connectivity index is 1.41. The van der Waals surface area contributed by atoms with Gasteiger partial charge in [-0.2, -0.15) is 0 Å². The summed E-state index contributed by atoms with van der Waals surface area (Å²) in [6.07, 6.45) is 8.54. The molecule has 3 amide bonds. The Kier molecular flexibility index (Phi) is 5.72. The van der Waals surface area contributed by atoms with Crippen molar-refractivity contribution in [1.29, 1.82) is 0 Å². The SMILES string of the molecule is CN(C)C(=O)N1CCC2(CC1)O[C@@H](C(=O)NCCc1cccnc1)Cn1ccnc12. The summed E-state index contributed by atoms with van der Waals surface area (Å²) in [5, 5.41) is 2.99. The van der Waals surface area contributed by atoms with Crippen LogP contribution in [-0.2, 0) is 28.1 Å². The van der Waals surface area contributed by atoms with E-state index in [1.807, 2.05) is 27.8 Å². The molecule has 2 aromatic heterocycles. The normalized spacial score (nSPS) is 19.9. The second-order valence-electron chi connectivity index (χ2n) is 8.07. The van der Waals surface area contributed by atoms with Crippen molar-refractivity contribution in [2.45, 2.75) is 37.5 Å². The summed E-state index contributed by atoms with van der Waals surface area (Å²) in [4.78, 5) is 37.2. The highest BCUT2D eigenvalue weighted by Crippen LogP contribution is 2.40. The van der Waals surface area contributed by atoms with Gasteiger partial charge in [-0.1, -0.05) is 6.07 Å². The fourth-order valence-corrected chi connectivity index (χ4v) is 4.21. The third-order valence-electron chi connectivity index (χ3n) is 5.81. The van der Waals surface area contributed by atoms with Gasteiger partial charge >= 0.3 is 6.03 Å². The van der Waals surface area contributed by atoms with Crippen molar-refractivity contribution >= 4 is 11.9 Å². The van der Waals surface area contributed by atoms with Crippen LogP contribution in [0.4, 0.5) is 4.79 Å². The van der Waals surface area contributed by atoms with Crippen LogP contribution in [0, 0.1) is 0 Å². The summed E-state index contributed by atoms with van der Waals surface area (Å²) in [6.45, 7) is 2.11. The number of hydrogen-bond acceptors (Lipinski definition) is 5. The molecule has 4 rings (SSSR count). The number of nitrogens with zero attached hydrogens (tertiary/aromatic N) is 5. The lowest BCUT2D eigenvalue weighted by molar-refractivity contribution is -0.172. The molecule has 2 aromatic rings. The minimum atomic E-state index is -0.643. The third-order valence-corrected chi connectivity index (χ3v) is 5.81. The Morgan fingerprint density at radius 2 is 2.10 bits per heavy atom. The van der Waals surface area contributed by atoms with E-state index in [2.05, 4.69) is 15.3 Å². The molecular weight excluding hydrogens is 384 g/mol. The summed E-state index contributed by atoms with van der Waals surface area (Å²) in [6, 6.07) is 3.87. The summed E-state index contributed by atoms with van der Waals surface area (Å²) < 4.78 is 8.41. The second-order valence-corrected chi connectivity index (χ2v) is 8.07. The van der Waals surface area contributed by atoms with Crippen LogP contribution in [0.1, 0.15) is 24.2 Å². The number of piperidine rings is 1. The molecule has 9 heteroatoms. The molecule has 2 aliphatic heterocycles. The predicted molar refractivity (Wildman–Crippen MR) is 110 cm³/mol. The molecule has 0 aromatic carbocycles. The van der Waals surface area contributed by atoms with E-state index >= 15 is 0 Å². The van der Waals surface area contributed by atoms with Crippen LogP contribution in [0.2, 0.25) is 0 Å². The fraction of sp³-hybridized carbons (Fsp3) is 0.524. The Labute approximate surface area is 176 Å². The maximum absolute atomic E-state index is 12.9. The lowest BCUT2D eigenvalue weighted by atomic mass is 9.88. The van der Waals surface area contributed by atoms with Gasteiger partial charge in [0, 0.05) is 71.4 Å². The van der Waals surface area contributed by atoms with Crippen molar-refractivity contribution in [2.24, 2.45) is 0 Å². The summed E-state index contributed by atoms with van der Waals surface area (Å²) >= 11 is 0. The van der Waals surface area contributed by atoms with E-state index in [1.54, 1.807) is 37.6 Å². The average molecular weight is 412 g/mol. The number of rotatable bonds is 4. The highest BCUT2D eigenvalue weighted by atomic mass is 16.5. The molecule has 160 valence electrons. The highest BCUT2D eigenvalue weighted by Gasteiger charge is 2.47. The maximum Gasteiger partial charge on any atom is 0.319 e. The van der Waals surface area contributed by atoms with E-state index in [-0.39, 0.29) is 11.9 Å². The van der Waals surface area contributed by atoms with Crippen molar-refractivity contribution in [3.8, 4) is 0 Å². The number of hydrogen-bond donors (Lipinski definition) is 1. The topological polar surface area (TPSA) is 92.6 Å². The molecule has 4 heterocycles. The van der Waals surface area contributed by atoms with Crippen molar-refractivity contribution in [3.05, 3.63) is 48.3 Å². The van der Waals surface area contributed by atoms with Gasteiger partial charge in [0.1, 0.15) is 11.4 Å². The second kappa shape index (κ2) is 8.43. The lowest BCUT2D eigenvalue weighted by Crippen LogP contribution is -2.55. The Bertz CT molecular complexity index is 889. The summed E-state index contributed by atoms with van der Waals surface area (Å²) in [5.74, 6) is 0.725. The first-order valence-corrected chi connectivity index (χ1v) is 10.3. The number of ether oxygens (including phenoxy) is 1. The molecule has 1 N–H and O–H groups in total. The minimum Gasteiger partial charge on any atom is -0.353 e. The van der Waals surface area contributed by atoms with Gasteiger partial charge in [0.05, 0.1) is 6.54 Å². The number of amides is 3. The van der Waals surface area contributed by atoms with Gasteiger partial charge in [0.25, 0.3) is 5.91 Å². The van der Waals surface area contributed by atoms with Gasteiger partial charge in [0.2, 0.25) is 0 Å². The molecule has 30 heavy (non-hydrogen) atoms. The highest BCUT2D eigenvalue weighted by molar-refractivity contribution is 5.81. The van der Waals surface area contributed by atoms with Crippen LogP contribution in [0.5, 0.6) is 0 Å². The summed E-state index contributed by atoms with van der Waals surface area (Å²) in [7, 11) is 3.50. The number of carbonyl (C=O) groups excluding carboxylic acids is 2. The van der Waals surface area contributed by atoms with Crippen LogP contribution < -0.4 is 5.32 Å². The Morgan fingerprint density at radius 3 is 2.80 bits per heavy atom. The first-order valence-electron chi connectivity index (χ1n) is 10.3. The molecular formula is C21H28N6O3. The molecule has 1 fully saturated rings. The van der Waals surface area contributed by atoms with E-state index in [4.69, 9.17) is 4.74 Å². The smallest absolute Gasteiger partial charge is 0.319 e. The number of likely N-dealkylation sites (tertiary alicyclic amines) is 1. The molecule has 0 bridgehead atoms. The molecule has 0 unspecified atom stereocenters. The van der Waals surface area contributed by atoms with Crippen LogP contribution in [0.3, 0.4) is 0 Å². The van der Waals surface area contributed by atoms with E-state index in [1.165, 1.54) is 0 Å². The van der Waals surface area contributed by atoms with Crippen molar-refractivity contribution < 1.29 is 14.3 Å². The fourth-order valence-electron chi connectivity index (χ4n) is 4.21. The standard InChI is InChI=1S/C21H28N6O3/c1-25(2)20(29)26-11-6-21(7-12-26)19-24-10-13-27(19)15-17(30-21)18(28)23-9-5-16-4-3-8-22-14-16/h3-4,8,10,13-14,17H,5-7,9,11-12,15H2,1-2H3,(H,23,28)/t17-/m1/s1. The average Bonchev–Trinajstić information content (AvgIpc) is 3.24. The van der Waals surface area contributed by atoms with Gasteiger partial charge in [-0.05, 0) is 18.1 Å². The largest absolute Gasteiger partial charge is 0.353 e. The van der Waals surface area contributed by atoms with Crippen LogP contribution in [-0.4, -0.2) is 76.1 Å². The van der Waals surface area contributed by atoms with Crippen LogP contribution in [0.15, 0.2) is 36.9 Å². The number of pyridine rings is 1. The Morgan fingerprint density at radius 1 is 1.30 bits per heavy atom. The predicted octanol–water partition coefficient (Wildman–Crippen LogP) is 1.01. The summed E-state index contributed by atoms with van der Waals surface area (Å²) in [5.41, 5.74) is 0.435. The quantitative estimate of drug-likeness (QED) is 0.809. The van der Waals surface area contributed by atoms with Crippen molar-refractivity contribution in [1.82, 2.24) is 29.7 Å². The molecule has 0 aliphatic carbocycles. The molecule has 0 radical (unpaired) electrons. The number of urea groups is 1. The molecule has 1 spiro atoms. The molecule has 9 nitrogen and oxygen atoms in total. The number of nitrogens with one attached hydrogen (secondary N) is 1. The van der Waals surface area contributed by atoms with E-state index in [9.17, 15) is 9.59 Å². The first kappa shape index (κ1) is 20.3. The van der Waals surface area contributed by atoms with Crippen LogP contribution in [0.25, 0.3) is 0 Å². The van der Waals surface area contributed by atoms with E-state index in [0.29, 0.717) is 39.0 Å². The minimum absolute atomic E-state index is 0.00584. The zero-order valence-corrected chi connectivity index (χ0v) is 17.5. The van der Waals surface area contributed by atoms with Crippen LogP contribution >= 0.6 is 0 Å². The van der Waals surface area contributed by atoms with Gasteiger partial charge in [0.15, 0.2) is 6.10 Å². The zero-order chi connectivity index (χ0) is 21.1.